The molecule has 106 valence electrons. The highest BCUT2D eigenvalue weighted by atomic mass is 79.9. The van der Waals surface area contributed by atoms with Crippen LogP contribution in [0.2, 0.25) is 0 Å². The number of alkyl halides is 3. The van der Waals surface area contributed by atoms with Crippen LogP contribution in [0.4, 0.5) is 13.2 Å². The van der Waals surface area contributed by atoms with Crippen molar-refractivity contribution in [1.82, 2.24) is 0 Å². The van der Waals surface area contributed by atoms with E-state index in [1.807, 2.05) is 0 Å². The summed E-state index contributed by atoms with van der Waals surface area (Å²) in [5.74, 6) is 0. The van der Waals surface area contributed by atoms with Crippen molar-refractivity contribution in [2.75, 3.05) is 0 Å². The average Bonchev–Trinajstić information content (AvgIpc) is 2.38. The van der Waals surface area contributed by atoms with Crippen LogP contribution in [0.5, 0.6) is 0 Å². The number of rotatable bonds is 2. The third-order valence-corrected chi connectivity index (χ3v) is 4.05. The van der Waals surface area contributed by atoms with Crippen molar-refractivity contribution >= 4 is 31.9 Å². The first-order valence-corrected chi connectivity index (χ1v) is 7.18. The molecule has 0 aromatic heterocycles. The van der Waals surface area contributed by atoms with Crippen LogP contribution >= 0.6 is 31.9 Å². The Bertz CT molecular complexity index is 609. The first kappa shape index (κ1) is 15.5. The number of hydrogen-bond donors (Lipinski definition) is 1. The smallest absolute Gasteiger partial charge is 0.384 e. The maximum absolute atomic E-state index is 12.7. The van der Waals surface area contributed by atoms with E-state index in [0.29, 0.717) is 10.0 Å². The normalized spacial score (nSPS) is 13.3. The van der Waals surface area contributed by atoms with Crippen molar-refractivity contribution in [1.29, 1.82) is 0 Å². The van der Waals surface area contributed by atoms with Gasteiger partial charge in [0.05, 0.1) is 5.56 Å². The molecule has 0 radical (unpaired) electrons. The van der Waals surface area contributed by atoms with Crippen LogP contribution in [-0.4, -0.2) is 5.11 Å². The predicted octanol–water partition coefficient (Wildman–Crippen LogP) is 5.31. The van der Waals surface area contributed by atoms with Gasteiger partial charge >= 0.3 is 6.18 Å². The Morgan fingerprint density at radius 2 is 1.55 bits per heavy atom. The van der Waals surface area contributed by atoms with Crippen LogP contribution in [0.15, 0.2) is 51.4 Å². The lowest BCUT2D eigenvalue weighted by molar-refractivity contribution is -0.137. The molecule has 0 aliphatic rings. The summed E-state index contributed by atoms with van der Waals surface area (Å²) in [4.78, 5) is 0. The molecule has 1 atom stereocenters. The lowest BCUT2D eigenvalue weighted by Gasteiger charge is -2.16. The Kier molecular flexibility index (Phi) is 4.56. The molecule has 2 rings (SSSR count). The van der Waals surface area contributed by atoms with Gasteiger partial charge in [0.1, 0.15) is 6.10 Å². The molecule has 0 fully saturated rings. The van der Waals surface area contributed by atoms with Crippen molar-refractivity contribution < 1.29 is 18.3 Å². The number of benzene rings is 2. The summed E-state index contributed by atoms with van der Waals surface area (Å²) < 4.78 is 39.4. The van der Waals surface area contributed by atoms with E-state index in [9.17, 15) is 18.3 Å². The monoisotopic (exact) mass is 408 g/mol. The third kappa shape index (κ3) is 3.42. The van der Waals surface area contributed by atoms with Crippen LogP contribution in [0.3, 0.4) is 0 Å². The molecule has 1 nitrogen and oxygen atoms in total. The highest BCUT2D eigenvalue weighted by Gasteiger charge is 2.31. The van der Waals surface area contributed by atoms with E-state index in [2.05, 4.69) is 31.9 Å². The summed E-state index contributed by atoms with van der Waals surface area (Å²) in [6.45, 7) is 0. The van der Waals surface area contributed by atoms with Gasteiger partial charge in [0.2, 0.25) is 0 Å². The molecule has 1 unspecified atom stereocenters. The second kappa shape index (κ2) is 5.87. The van der Waals surface area contributed by atoms with E-state index in [4.69, 9.17) is 0 Å². The van der Waals surface area contributed by atoms with Gasteiger partial charge in [-0.25, -0.2) is 0 Å². The molecule has 2 aromatic carbocycles. The minimum Gasteiger partial charge on any atom is -0.384 e. The topological polar surface area (TPSA) is 20.2 Å². The second-order valence-corrected chi connectivity index (χ2v) is 5.96. The Balaban J connectivity index is 2.43. The molecule has 6 heteroatoms. The second-order valence-electron chi connectivity index (χ2n) is 4.19. The zero-order valence-corrected chi connectivity index (χ0v) is 13.1. The summed E-state index contributed by atoms with van der Waals surface area (Å²) in [6.07, 6.45) is -5.56. The van der Waals surface area contributed by atoms with Crippen LogP contribution in [0.1, 0.15) is 22.8 Å². The SMILES string of the molecule is OC(c1ccc(Br)cc1)c1cc(C(F)(F)F)ccc1Br. The molecule has 2 aromatic rings. The van der Waals surface area contributed by atoms with Gasteiger partial charge < -0.3 is 5.11 Å². The lowest BCUT2D eigenvalue weighted by atomic mass is 9.99. The van der Waals surface area contributed by atoms with Gasteiger partial charge in [-0.3, -0.25) is 0 Å². The summed E-state index contributed by atoms with van der Waals surface area (Å²) >= 11 is 6.44. The lowest BCUT2D eigenvalue weighted by Crippen LogP contribution is -2.08. The maximum Gasteiger partial charge on any atom is 0.416 e. The van der Waals surface area contributed by atoms with E-state index in [-0.39, 0.29) is 5.56 Å². The molecule has 0 heterocycles. The molecular formula is C14H9Br2F3O. The minimum absolute atomic E-state index is 0.183. The molecule has 0 spiro atoms. The fourth-order valence-corrected chi connectivity index (χ4v) is 2.48. The summed E-state index contributed by atoms with van der Waals surface area (Å²) in [5, 5.41) is 10.2. The Morgan fingerprint density at radius 3 is 2.10 bits per heavy atom. The molecule has 1 N–H and O–H groups in total. The minimum atomic E-state index is -4.44. The Morgan fingerprint density at radius 1 is 0.950 bits per heavy atom. The highest BCUT2D eigenvalue weighted by molar-refractivity contribution is 9.10. The molecule has 20 heavy (non-hydrogen) atoms. The van der Waals surface area contributed by atoms with Crippen LogP contribution < -0.4 is 0 Å². The summed E-state index contributed by atoms with van der Waals surface area (Å²) in [5.41, 5.74) is -0.0813. The maximum atomic E-state index is 12.7. The van der Waals surface area contributed by atoms with Gasteiger partial charge in [-0.15, -0.1) is 0 Å². The van der Waals surface area contributed by atoms with E-state index < -0.39 is 17.8 Å². The van der Waals surface area contributed by atoms with Gasteiger partial charge in [0, 0.05) is 8.95 Å². The zero-order chi connectivity index (χ0) is 14.9. The summed E-state index contributed by atoms with van der Waals surface area (Å²) in [6, 6.07) is 9.97. The van der Waals surface area contributed by atoms with E-state index >= 15 is 0 Å². The summed E-state index contributed by atoms with van der Waals surface area (Å²) in [7, 11) is 0. The van der Waals surface area contributed by atoms with Crippen LogP contribution in [-0.2, 0) is 6.18 Å². The standard InChI is InChI=1S/C14H9Br2F3O/c15-10-4-1-8(2-5-10)13(20)11-7-9(14(17,18)19)3-6-12(11)16/h1-7,13,20H. The number of halogens is 5. The molecule has 0 aliphatic heterocycles. The van der Waals surface area contributed by atoms with Crippen LogP contribution in [0, 0.1) is 0 Å². The third-order valence-electron chi connectivity index (χ3n) is 2.80. The Hall–Kier alpha value is -0.850. The number of aliphatic hydroxyl groups excluding tert-OH is 1. The van der Waals surface area contributed by atoms with Gasteiger partial charge in [0.25, 0.3) is 0 Å². The van der Waals surface area contributed by atoms with Gasteiger partial charge in [-0.05, 0) is 41.5 Å². The van der Waals surface area contributed by atoms with E-state index in [1.165, 1.54) is 6.07 Å². The van der Waals surface area contributed by atoms with Crippen molar-refractivity contribution in [2.24, 2.45) is 0 Å². The molecule has 0 amide bonds. The zero-order valence-electron chi connectivity index (χ0n) is 9.96. The van der Waals surface area contributed by atoms with Crippen LogP contribution in [0.25, 0.3) is 0 Å². The van der Waals surface area contributed by atoms with Crippen molar-refractivity contribution in [2.45, 2.75) is 12.3 Å². The molecule has 0 saturated heterocycles. The fraction of sp³-hybridized carbons (Fsp3) is 0.143. The Labute approximate surface area is 130 Å². The van der Waals surface area contributed by atoms with Gasteiger partial charge in [0.15, 0.2) is 0 Å². The van der Waals surface area contributed by atoms with Gasteiger partial charge in [-0.1, -0.05) is 44.0 Å². The van der Waals surface area contributed by atoms with E-state index in [0.717, 1.165) is 16.6 Å². The van der Waals surface area contributed by atoms with Crippen molar-refractivity contribution in [3.63, 3.8) is 0 Å². The average molecular weight is 410 g/mol. The predicted molar refractivity (Wildman–Crippen MR) is 77.3 cm³/mol. The fourth-order valence-electron chi connectivity index (χ4n) is 1.75. The number of aliphatic hydroxyl groups is 1. The van der Waals surface area contributed by atoms with Gasteiger partial charge in [-0.2, -0.15) is 13.2 Å². The largest absolute Gasteiger partial charge is 0.416 e. The molecule has 0 bridgehead atoms. The van der Waals surface area contributed by atoms with Crippen molar-refractivity contribution in [3.05, 3.63) is 68.1 Å². The van der Waals surface area contributed by atoms with Crippen molar-refractivity contribution in [3.8, 4) is 0 Å². The first-order valence-electron chi connectivity index (χ1n) is 5.59. The highest BCUT2D eigenvalue weighted by Crippen LogP contribution is 2.35. The molecule has 0 aliphatic carbocycles. The quantitative estimate of drug-likeness (QED) is 0.712. The number of hydrogen-bond acceptors (Lipinski definition) is 1. The molecule has 0 saturated carbocycles. The molecular weight excluding hydrogens is 401 g/mol. The van der Waals surface area contributed by atoms with E-state index in [1.54, 1.807) is 24.3 Å². The first-order chi connectivity index (χ1) is 9.29.